The molecule has 0 bridgehead atoms. The third-order valence-corrected chi connectivity index (χ3v) is 3.35. The quantitative estimate of drug-likeness (QED) is 0.608. The molecule has 0 saturated heterocycles. The zero-order chi connectivity index (χ0) is 11.2. The van der Waals surface area contributed by atoms with Crippen LogP contribution in [0.5, 0.6) is 0 Å². The Morgan fingerprint density at radius 2 is 2.00 bits per heavy atom. The molecule has 0 spiro atoms. The van der Waals surface area contributed by atoms with Gasteiger partial charge in [0.15, 0.2) is 0 Å². The molecule has 1 aromatic heterocycles. The van der Waals surface area contributed by atoms with Gasteiger partial charge in [-0.1, -0.05) is 30.3 Å². The summed E-state index contributed by atoms with van der Waals surface area (Å²) in [7, 11) is 0. The van der Waals surface area contributed by atoms with Gasteiger partial charge in [-0.2, -0.15) is 0 Å². The zero-order valence-corrected chi connectivity index (χ0v) is 9.26. The van der Waals surface area contributed by atoms with E-state index in [2.05, 4.69) is 47.5 Å². The molecule has 0 unspecified atom stereocenters. The van der Waals surface area contributed by atoms with Crippen molar-refractivity contribution in [3.63, 3.8) is 0 Å². The Kier molecular flexibility index (Phi) is 1.64. The number of benzene rings is 1. The highest BCUT2D eigenvalue weighted by molar-refractivity contribution is 5.80. The summed E-state index contributed by atoms with van der Waals surface area (Å²) in [6.07, 6.45) is 8.27. The first kappa shape index (κ1) is 8.88. The molecule has 4 rings (SSSR count). The standard InChI is InChI=1S/C15H11NO/c1-2-4-13-11(3-1)5-7-16-10-15-12(6-8-17-15)9-14(13)16/h1-6,8-10H,7H2. The predicted octanol–water partition coefficient (Wildman–Crippen LogP) is -0.284. The third-order valence-electron chi connectivity index (χ3n) is 3.35. The fourth-order valence-corrected chi connectivity index (χ4v) is 2.48. The summed E-state index contributed by atoms with van der Waals surface area (Å²) in [6, 6.07) is 10.5. The lowest BCUT2D eigenvalue weighted by atomic mass is 10.1. The zero-order valence-electron chi connectivity index (χ0n) is 9.26. The first-order chi connectivity index (χ1) is 8.42. The van der Waals surface area contributed by atoms with Crippen LogP contribution < -0.4 is 21.1 Å². The maximum atomic E-state index is 5.44. The van der Waals surface area contributed by atoms with Gasteiger partial charge in [-0.3, -0.25) is 0 Å². The molecular formula is C15H11NO. The predicted molar refractivity (Wildman–Crippen MR) is 67.2 cm³/mol. The van der Waals surface area contributed by atoms with Gasteiger partial charge in [0.25, 0.3) is 0 Å². The molecule has 2 aromatic rings. The van der Waals surface area contributed by atoms with Crippen LogP contribution in [-0.2, 0) is 0 Å². The molecule has 0 atom stereocenters. The van der Waals surface area contributed by atoms with Gasteiger partial charge in [-0.05, 0) is 17.4 Å². The maximum absolute atomic E-state index is 5.44. The number of fused-ring (bicyclic) bond motifs is 3. The van der Waals surface area contributed by atoms with Crippen molar-refractivity contribution in [3.8, 4) is 0 Å². The first-order valence-corrected chi connectivity index (χ1v) is 5.75. The van der Waals surface area contributed by atoms with Crippen LogP contribution in [0, 0.1) is 0 Å². The van der Waals surface area contributed by atoms with E-state index in [1.807, 2.05) is 6.07 Å². The molecule has 82 valence electrons. The van der Waals surface area contributed by atoms with E-state index < -0.39 is 0 Å². The largest absolute Gasteiger partial charge is 0.463 e. The summed E-state index contributed by atoms with van der Waals surface area (Å²) in [5.74, 6) is 0. The van der Waals surface area contributed by atoms with Crippen LogP contribution in [0.25, 0.3) is 24.0 Å². The molecule has 0 fully saturated rings. The Morgan fingerprint density at radius 1 is 1.06 bits per heavy atom. The molecule has 0 radical (unpaired) electrons. The molecule has 1 aromatic carbocycles. The van der Waals surface area contributed by atoms with Crippen molar-refractivity contribution in [1.29, 1.82) is 0 Å². The van der Waals surface area contributed by atoms with Crippen LogP contribution in [-0.4, -0.2) is 11.4 Å². The van der Waals surface area contributed by atoms with E-state index in [1.165, 1.54) is 16.1 Å². The topological polar surface area (TPSA) is 16.4 Å². The molecule has 2 heteroatoms. The van der Waals surface area contributed by atoms with Crippen molar-refractivity contribution in [2.24, 2.45) is 0 Å². The Bertz CT molecular complexity index is 826. The molecule has 0 amide bonds. The van der Waals surface area contributed by atoms with Crippen molar-refractivity contribution in [1.82, 2.24) is 4.90 Å². The number of hydrogen-bond donors (Lipinski definition) is 0. The molecule has 0 N–H and O–H groups in total. The van der Waals surface area contributed by atoms with Crippen molar-refractivity contribution in [3.05, 3.63) is 57.7 Å². The highest BCUT2D eigenvalue weighted by Crippen LogP contribution is 2.10. The second-order valence-corrected chi connectivity index (χ2v) is 4.34. The van der Waals surface area contributed by atoms with Gasteiger partial charge in [-0.25, -0.2) is 0 Å². The SMILES string of the molecule is C1=c2ccccc2=C2C=c3ccoc3=CN2C1. The highest BCUT2D eigenvalue weighted by atomic mass is 16.3. The van der Waals surface area contributed by atoms with E-state index in [4.69, 9.17) is 4.42 Å². The van der Waals surface area contributed by atoms with Crippen LogP contribution in [0.2, 0.25) is 0 Å². The van der Waals surface area contributed by atoms with Crippen molar-refractivity contribution in [2.75, 3.05) is 6.54 Å². The molecule has 0 aliphatic carbocycles. The lowest BCUT2D eigenvalue weighted by Crippen LogP contribution is -2.41. The van der Waals surface area contributed by atoms with Crippen molar-refractivity contribution >= 4 is 24.0 Å². The van der Waals surface area contributed by atoms with Crippen molar-refractivity contribution < 1.29 is 4.42 Å². The summed E-state index contributed by atoms with van der Waals surface area (Å²) in [5, 5.41) is 3.77. The lowest BCUT2D eigenvalue weighted by molar-refractivity contribution is 0.513. The van der Waals surface area contributed by atoms with Crippen LogP contribution >= 0.6 is 0 Å². The van der Waals surface area contributed by atoms with Gasteiger partial charge in [0.1, 0.15) is 5.42 Å². The molecule has 2 aliphatic rings. The van der Waals surface area contributed by atoms with Gasteiger partial charge in [-0.15, -0.1) is 0 Å². The average Bonchev–Trinajstić information content (AvgIpc) is 2.83. The van der Waals surface area contributed by atoms with E-state index in [-0.39, 0.29) is 0 Å². The molecule has 3 heterocycles. The summed E-state index contributed by atoms with van der Waals surface area (Å²) in [4.78, 5) is 2.23. The van der Waals surface area contributed by atoms with Gasteiger partial charge >= 0.3 is 0 Å². The number of hydrogen-bond acceptors (Lipinski definition) is 2. The number of rotatable bonds is 0. The monoisotopic (exact) mass is 221 g/mol. The minimum Gasteiger partial charge on any atom is -0.463 e. The first-order valence-electron chi connectivity index (χ1n) is 5.75. The smallest absolute Gasteiger partial charge is 0.150 e. The highest BCUT2D eigenvalue weighted by Gasteiger charge is 2.13. The van der Waals surface area contributed by atoms with Crippen LogP contribution in [0.15, 0.2) is 41.0 Å². The molecule has 2 aliphatic heterocycles. The van der Waals surface area contributed by atoms with E-state index in [0.29, 0.717) is 0 Å². The lowest BCUT2D eigenvalue weighted by Gasteiger charge is -2.24. The summed E-state index contributed by atoms with van der Waals surface area (Å²) in [5.41, 5.74) is 2.21. The number of furan rings is 1. The van der Waals surface area contributed by atoms with E-state index >= 15 is 0 Å². The fraction of sp³-hybridized carbons (Fsp3) is 0.0667. The summed E-state index contributed by atoms with van der Waals surface area (Å²) >= 11 is 0. The molecule has 17 heavy (non-hydrogen) atoms. The minimum absolute atomic E-state index is 0.906. The molecule has 2 nitrogen and oxygen atoms in total. The Balaban J connectivity index is 2.19. The van der Waals surface area contributed by atoms with Gasteiger partial charge in [0.2, 0.25) is 0 Å². The third kappa shape index (κ3) is 1.21. The molecule has 0 saturated carbocycles. The number of nitrogens with zero attached hydrogens (tertiary/aromatic N) is 1. The summed E-state index contributed by atoms with van der Waals surface area (Å²) in [6.45, 7) is 0.906. The minimum atomic E-state index is 0.906. The average molecular weight is 221 g/mol. The Labute approximate surface area is 98.1 Å². The normalized spacial score (nSPS) is 16.0. The van der Waals surface area contributed by atoms with Crippen LogP contribution in [0.1, 0.15) is 0 Å². The van der Waals surface area contributed by atoms with Gasteiger partial charge in [0.05, 0.1) is 6.26 Å². The second kappa shape index (κ2) is 3.14. The van der Waals surface area contributed by atoms with Crippen LogP contribution in [0.3, 0.4) is 0 Å². The van der Waals surface area contributed by atoms with Crippen LogP contribution in [0.4, 0.5) is 0 Å². The Hall–Kier alpha value is -2.22. The van der Waals surface area contributed by atoms with E-state index in [9.17, 15) is 0 Å². The van der Waals surface area contributed by atoms with Gasteiger partial charge < -0.3 is 9.32 Å². The van der Waals surface area contributed by atoms with E-state index in [1.54, 1.807) is 6.26 Å². The van der Waals surface area contributed by atoms with Gasteiger partial charge in [0, 0.05) is 28.9 Å². The van der Waals surface area contributed by atoms with Crippen molar-refractivity contribution in [2.45, 2.75) is 0 Å². The molecular weight excluding hydrogens is 210 g/mol. The Morgan fingerprint density at radius 3 is 3.00 bits per heavy atom. The second-order valence-electron chi connectivity index (χ2n) is 4.34. The fourth-order valence-electron chi connectivity index (χ4n) is 2.48. The summed E-state index contributed by atoms with van der Waals surface area (Å²) < 4.78 is 5.44. The van der Waals surface area contributed by atoms with E-state index in [0.717, 1.165) is 17.2 Å². The maximum Gasteiger partial charge on any atom is 0.150 e.